The molecule has 6 nitrogen and oxygen atoms in total. The van der Waals surface area contributed by atoms with Crippen LogP contribution in [-0.4, -0.2) is 23.4 Å². The minimum absolute atomic E-state index is 0.0167. The highest BCUT2D eigenvalue weighted by Crippen LogP contribution is 2.33. The average molecular weight is 401 g/mol. The quantitative estimate of drug-likeness (QED) is 0.700. The van der Waals surface area contributed by atoms with Crippen LogP contribution in [-0.2, 0) is 16.0 Å². The van der Waals surface area contributed by atoms with Gasteiger partial charge in [0.2, 0.25) is 5.91 Å². The van der Waals surface area contributed by atoms with E-state index in [2.05, 4.69) is 15.6 Å². The second-order valence-corrected chi connectivity index (χ2v) is 6.92. The van der Waals surface area contributed by atoms with E-state index in [1.54, 1.807) is 23.6 Å². The lowest BCUT2D eigenvalue weighted by Gasteiger charge is -2.18. The van der Waals surface area contributed by atoms with E-state index in [-0.39, 0.29) is 18.9 Å². The Labute approximate surface area is 162 Å². The van der Waals surface area contributed by atoms with Gasteiger partial charge in [0.1, 0.15) is 5.75 Å². The van der Waals surface area contributed by atoms with E-state index in [1.165, 1.54) is 17.4 Å². The van der Waals surface area contributed by atoms with E-state index in [4.69, 9.17) is 4.74 Å². The van der Waals surface area contributed by atoms with E-state index in [0.29, 0.717) is 27.8 Å². The molecule has 2 aromatic carbocycles. The summed E-state index contributed by atoms with van der Waals surface area (Å²) in [4.78, 5) is 27.9. The van der Waals surface area contributed by atoms with Crippen molar-refractivity contribution < 1.29 is 23.1 Å². The van der Waals surface area contributed by atoms with Gasteiger partial charge in [-0.25, -0.2) is 13.8 Å². The Kier molecular flexibility index (Phi) is 4.74. The fourth-order valence-electron chi connectivity index (χ4n) is 2.70. The third-order valence-electron chi connectivity index (χ3n) is 4.01. The van der Waals surface area contributed by atoms with E-state index < -0.39 is 17.5 Å². The van der Waals surface area contributed by atoms with Crippen molar-refractivity contribution in [1.29, 1.82) is 0 Å². The predicted molar refractivity (Wildman–Crippen MR) is 100 cm³/mol. The summed E-state index contributed by atoms with van der Waals surface area (Å²) < 4.78 is 31.5. The van der Waals surface area contributed by atoms with Gasteiger partial charge in [-0.1, -0.05) is 6.07 Å². The first-order valence-corrected chi connectivity index (χ1v) is 9.12. The Morgan fingerprint density at radius 1 is 1.21 bits per heavy atom. The molecule has 0 aliphatic carbocycles. The smallest absolute Gasteiger partial charge is 0.262 e. The number of fused-ring (bicyclic) bond motifs is 1. The normalized spacial score (nSPS) is 12.7. The molecule has 0 spiro atoms. The van der Waals surface area contributed by atoms with Crippen molar-refractivity contribution >= 4 is 34.0 Å². The fraction of sp³-hybridized carbons (Fsp3) is 0.105. The molecule has 0 unspecified atom stereocenters. The Morgan fingerprint density at radius 2 is 2.07 bits per heavy atom. The highest BCUT2D eigenvalue weighted by molar-refractivity contribution is 7.14. The van der Waals surface area contributed by atoms with Crippen molar-refractivity contribution in [3.8, 4) is 17.0 Å². The molecule has 2 N–H and O–H groups in total. The number of hydrogen-bond donors (Lipinski definition) is 2. The summed E-state index contributed by atoms with van der Waals surface area (Å²) in [5.41, 5.74) is 2.29. The van der Waals surface area contributed by atoms with Crippen molar-refractivity contribution in [3.05, 3.63) is 59.0 Å². The average Bonchev–Trinajstić information content (AvgIpc) is 3.12. The van der Waals surface area contributed by atoms with Crippen LogP contribution < -0.4 is 15.4 Å². The lowest BCUT2D eigenvalue weighted by molar-refractivity contribution is -0.118. The minimum Gasteiger partial charge on any atom is -0.482 e. The monoisotopic (exact) mass is 401 g/mol. The van der Waals surface area contributed by atoms with Gasteiger partial charge in [-0.05, 0) is 35.9 Å². The first-order chi connectivity index (χ1) is 13.5. The molecule has 0 atom stereocenters. The molecule has 0 bridgehead atoms. The van der Waals surface area contributed by atoms with Crippen molar-refractivity contribution in [2.75, 3.05) is 17.2 Å². The zero-order chi connectivity index (χ0) is 19.7. The molecule has 3 aromatic rings. The predicted octanol–water partition coefficient (Wildman–Crippen LogP) is 3.60. The number of hydrogen-bond acceptors (Lipinski definition) is 5. The first kappa shape index (κ1) is 18.1. The topological polar surface area (TPSA) is 80.3 Å². The molecule has 0 fully saturated rings. The lowest BCUT2D eigenvalue weighted by atomic mass is 10.1. The van der Waals surface area contributed by atoms with Crippen LogP contribution in [0.5, 0.6) is 5.75 Å². The minimum atomic E-state index is -0.995. The number of thiazole rings is 1. The SMILES string of the molecule is O=C(Cc1ccc(F)c(F)c1)Nc1nc(-c2ccc3c(c2)NC(=O)CO3)cs1. The molecule has 142 valence electrons. The van der Waals surface area contributed by atoms with Gasteiger partial charge in [0.05, 0.1) is 17.8 Å². The van der Waals surface area contributed by atoms with Crippen LogP contribution in [0.1, 0.15) is 5.56 Å². The molecule has 0 saturated carbocycles. The number of carbonyl (C=O) groups excluding carboxylic acids is 2. The largest absolute Gasteiger partial charge is 0.482 e. The maximum Gasteiger partial charge on any atom is 0.262 e. The summed E-state index contributed by atoms with van der Waals surface area (Å²) in [6, 6.07) is 8.62. The molecule has 2 heterocycles. The van der Waals surface area contributed by atoms with Gasteiger partial charge in [-0.15, -0.1) is 11.3 Å². The summed E-state index contributed by atoms with van der Waals surface area (Å²) in [6.45, 7) is -0.0167. The molecule has 1 aromatic heterocycles. The summed E-state index contributed by atoms with van der Waals surface area (Å²) >= 11 is 1.23. The molecule has 1 aliphatic rings. The van der Waals surface area contributed by atoms with Crippen molar-refractivity contribution in [3.63, 3.8) is 0 Å². The highest BCUT2D eigenvalue weighted by atomic mass is 32.1. The maximum absolute atomic E-state index is 13.2. The fourth-order valence-corrected chi connectivity index (χ4v) is 3.44. The summed E-state index contributed by atoms with van der Waals surface area (Å²) in [6.07, 6.45) is -0.103. The molecule has 1 aliphatic heterocycles. The van der Waals surface area contributed by atoms with E-state index in [0.717, 1.165) is 17.7 Å². The third-order valence-corrected chi connectivity index (χ3v) is 4.77. The van der Waals surface area contributed by atoms with Crippen LogP contribution in [0.2, 0.25) is 0 Å². The van der Waals surface area contributed by atoms with E-state index in [9.17, 15) is 18.4 Å². The van der Waals surface area contributed by atoms with Crippen LogP contribution in [0.15, 0.2) is 41.8 Å². The van der Waals surface area contributed by atoms with E-state index >= 15 is 0 Å². The number of halogens is 2. The lowest BCUT2D eigenvalue weighted by Crippen LogP contribution is -2.25. The number of nitrogens with zero attached hydrogens (tertiary/aromatic N) is 1. The third kappa shape index (κ3) is 3.84. The number of ether oxygens (including phenoxy) is 1. The molecular weight excluding hydrogens is 388 g/mol. The zero-order valence-electron chi connectivity index (χ0n) is 14.3. The second kappa shape index (κ2) is 7.35. The molecule has 9 heteroatoms. The Morgan fingerprint density at radius 3 is 2.89 bits per heavy atom. The van der Waals surface area contributed by atoms with Gasteiger partial charge in [-0.2, -0.15) is 0 Å². The van der Waals surface area contributed by atoms with Gasteiger partial charge >= 0.3 is 0 Å². The van der Waals surface area contributed by atoms with Gasteiger partial charge in [0.25, 0.3) is 5.91 Å². The van der Waals surface area contributed by atoms with Crippen LogP contribution in [0.4, 0.5) is 19.6 Å². The maximum atomic E-state index is 13.2. The summed E-state index contributed by atoms with van der Waals surface area (Å²) in [7, 11) is 0. The van der Waals surface area contributed by atoms with Crippen molar-refractivity contribution in [2.24, 2.45) is 0 Å². The van der Waals surface area contributed by atoms with Gasteiger partial charge in [0, 0.05) is 10.9 Å². The zero-order valence-corrected chi connectivity index (χ0v) is 15.1. The molecule has 0 saturated heterocycles. The second-order valence-electron chi connectivity index (χ2n) is 6.06. The van der Waals surface area contributed by atoms with Crippen molar-refractivity contribution in [2.45, 2.75) is 6.42 Å². The molecule has 0 radical (unpaired) electrons. The Bertz CT molecular complexity index is 1080. The molecule has 2 amide bonds. The number of nitrogens with one attached hydrogen (secondary N) is 2. The number of amides is 2. The van der Waals surface area contributed by atoms with Gasteiger partial charge < -0.3 is 15.4 Å². The number of carbonyl (C=O) groups is 2. The molecule has 28 heavy (non-hydrogen) atoms. The first-order valence-electron chi connectivity index (χ1n) is 8.24. The van der Waals surface area contributed by atoms with Crippen LogP contribution in [0, 0.1) is 11.6 Å². The Hall–Kier alpha value is -3.33. The van der Waals surface area contributed by atoms with Gasteiger partial charge in [-0.3, -0.25) is 9.59 Å². The number of aromatic nitrogens is 1. The highest BCUT2D eigenvalue weighted by Gasteiger charge is 2.17. The number of benzene rings is 2. The number of anilines is 2. The van der Waals surface area contributed by atoms with Crippen LogP contribution in [0.3, 0.4) is 0 Å². The summed E-state index contributed by atoms with van der Waals surface area (Å²) in [5, 5.41) is 7.51. The van der Waals surface area contributed by atoms with E-state index in [1.807, 2.05) is 0 Å². The van der Waals surface area contributed by atoms with Crippen LogP contribution >= 0.6 is 11.3 Å². The summed E-state index contributed by atoms with van der Waals surface area (Å²) in [5.74, 6) is -1.99. The Balaban J connectivity index is 1.45. The van der Waals surface area contributed by atoms with Crippen LogP contribution in [0.25, 0.3) is 11.3 Å². The number of rotatable bonds is 4. The molecule has 4 rings (SSSR count). The van der Waals surface area contributed by atoms with Gasteiger partial charge in [0.15, 0.2) is 23.4 Å². The molecular formula is C19H13F2N3O3S. The standard InChI is InChI=1S/C19H13F2N3O3S/c20-12-3-1-10(5-13(12)21)6-17(25)24-19-23-15(9-28-19)11-2-4-16-14(7-11)22-18(26)8-27-16/h1-5,7,9H,6,8H2,(H,22,26)(H,23,24,25). The van der Waals surface area contributed by atoms with Crippen molar-refractivity contribution in [1.82, 2.24) is 4.98 Å².